The largest absolute Gasteiger partial charge is 0.328 e. The van der Waals surface area contributed by atoms with E-state index in [9.17, 15) is 0 Å². The Hall–Kier alpha value is -1.13. The molecule has 0 aliphatic rings. The molecule has 108 valence electrons. The van der Waals surface area contributed by atoms with Crippen LogP contribution in [0.1, 0.15) is 36.4 Å². The molecule has 0 amide bonds. The van der Waals surface area contributed by atoms with E-state index in [4.69, 9.17) is 5.73 Å². The molecule has 0 saturated carbocycles. The highest BCUT2D eigenvalue weighted by atomic mass is 79.9. The standard InChI is InChI=1S/C16H22BrN3/c1-5-14-11(3)19-20(12(14)4)16-7-6-13(8-10(2)18)9-15(16)17/h6-7,9-10H,5,8,18H2,1-4H3. The number of aromatic nitrogens is 2. The van der Waals surface area contributed by atoms with Gasteiger partial charge in [-0.05, 0) is 72.8 Å². The highest BCUT2D eigenvalue weighted by Crippen LogP contribution is 2.26. The maximum absolute atomic E-state index is 5.86. The van der Waals surface area contributed by atoms with Crippen molar-refractivity contribution in [3.63, 3.8) is 0 Å². The van der Waals surface area contributed by atoms with E-state index in [-0.39, 0.29) is 6.04 Å². The monoisotopic (exact) mass is 335 g/mol. The molecule has 3 nitrogen and oxygen atoms in total. The Morgan fingerprint density at radius 1 is 1.35 bits per heavy atom. The molecule has 0 fully saturated rings. The van der Waals surface area contributed by atoms with Crippen LogP contribution < -0.4 is 5.73 Å². The second kappa shape index (κ2) is 6.10. The third kappa shape index (κ3) is 2.96. The number of benzene rings is 1. The summed E-state index contributed by atoms with van der Waals surface area (Å²) < 4.78 is 3.08. The van der Waals surface area contributed by atoms with Crippen molar-refractivity contribution >= 4 is 15.9 Å². The Bertz CT molecular complexity index is 614. The Morgan fingerprint density at radius 2 is 2.05 bits per heavy atom. The summed E-state index contributed by atoms with van der Waals surface area (Å²) in [5.41, 5.74) is 11.8. The summed E-state index contributed by atoms with van der Waals surface area (Å²) in [6, 6.07) is 6.56. The Balaban J connectivity index is 2.43. The first-order valence-electron chi connectivity index (χ1n) is 7.03. The SMILES string of the molecule is CCc1c(C)nn(-c2ccc(CC(C)N)cc2Br)c1C. The summed E-state index contributed by atoms with van der Waals surface area (Å²) in [4.78, 5) is 0. The summed E-state index contributed by atoms with van der Waals surface area (Å²) in [5.74, 6) is 0. The lowest BCUT2D eigenvalue weighted by Crippen LogP contribution is -2.17. The van der Waals surface area contributed by atoms with E-state index in [1.54, 1.807) is 0 Å². The van der Waals surface area contributed by atoms with E-state index in [2.05, 4.69) is 60.0 Å². The maximum Gasteiger partial charge on any atom is 0.0791 e. The first kappa shape index (κ1) is 15.3. The van der Waals surface area contributed by atoms with Crippen molar-refractivity contribution in [2.45, 2.75) is 46.6 Å². The zero-order chi connectivity index (χ0) is 14.9. The Kier molecular flexibility index (Phi) is 4.66. The average molecular weight is 336 g/mol. The van der Waals surface area contributed by atoms with Crippen molar-refractivity contribution in [2.24, 2.45) is 5.73 Å². The van der Waals surface area contributed by atoms with Gasteiger partial charge in [-0.15, -0.1) is 0 Å². The van der Waals surface area contributed by atoms with Gasteiger partial charge in [0.25, 0.3) is 0 Å². The van der Waals surface area contributed by atoms with E-state index < -0.39 is 0 Å². The number of halogens is 1. The van der Waals surface area contributed by atoms with Crippen LogP contribution in [0.2, 0.25) is 0 Å². The van der Waals surface area contributed by atoms with Crippen LogP contribution >= 0.6 is 15.9 Å². The molecule has 2 rings (SSSR count). The van der Waals surface area contributed by atoms with Crippen LogP contribution in [-0.2, 0) is 12.8 Å². The zero-order valence-electron chi connectivity index (χ0n) is 12.6. The summed E-state index contributed by atoms with van der Waals surface area (Å²) >= 11 is 3.66. The number of rotatable bonds is 4. The van der Waals surface area contributed by atoms with Gasteiger partial charge in [0.2, 0.25) is 0 Å². The van der Waals surface area contributed by atoms with Crippen LogP contribution in [0.25, 0.3) is 5.69 Å². The molecule has 2 N–H and O–H groups in total. The van der Waals surface area contributed by atoms with Gasteiger partial charge < -0.3 is 5.73 Å². The summed E-state index contributed by atoms with van der Waals surface area (Å²) in [6.07, 6.45) is 1.90. The fourth-order valence-corrected chi connectivity index (χ4v) is 3.24. The van der Waals surface area contributed by atoms with Crippen molar-refractivity contribution in [3.8, 4) is 5.69 Å². The predicted molar refractivity (Wildman–Crippen MR) is 87.5 cm³/mol. The van der Waals surface area contributed by atoms with Crippen LogP contribution in [-0.4, -0.2) is 15.8 Å². The number of nitrogens with zero attached hydrogens (tertiary/aromatic N) is 2. The van der Waals surface area contributed by atoms with Gasteiger partial charge in [0.1, 0.15) is 0 Å². The molecule has 20 heavy (non-hydrogen) atoms. The van der Waals surface area contributed by atoms with Gasteiger partial charge in [0.15, 0.2) is 0 Å². The molecular formula is C16H22BrN3. The smallest absolute Gasteiger partial charge is 0.0791 e. The van der Waals surface area contributed by atoms with Crippen molar-refractivity contribution < 1.29 is 0 Å². The van der Waals surface area contributed by atoms with Gasteiger partial charge in [-0.25, -0.2) is 4.68 Å². The highest BCUT2D eigenvalue weighted by molar-refractivity contribution is 9.10. The summed E-state index contributed by atoms with van der Waals surface area (Å²) in [6.45, 7) is 8.39. The lowest BCUT2D eigenvalue weighted by Gasteiger charge is -2.11. The molecule has 4 heteroatoms. The quantitative estimate of drug-likeness (QED) is 0.925. The molecule has 1 aromatic carbocycles. The fourth-order valence-electron chi connectivity index (χ4n) is 2.64. The van der Waals surface area contributed by atoms with Crippen molar-refractivity contribution in [2.75, 3.05) is 0 Å². The first-order chi connectivity index (χ1) is 9.43. The van der Waals surface area contributed by atoms with Gasteiger partial charge >= 0.3 is 0 Å². The summed E-state index contributed by atoms with van der Waals surface area (Å²) in [5, 5.41) is 4.66. The van der Waals surface area contributed by atoms with E-state index in [1.807, 2.05) is 11.6 Å². The van der Waals surface area contributed by atoms with Gasteiger partial charge in [-0.2, -0.15) is 5.10 Å². The number of nitrogens with two attached hydrogens (primary N) is 1. The fraction of sp³-hybridized carbons (Fsp3) is 0.438. The number of hydrogen-bond donors (Lipinski definition) is 1. The lowest BCUT2D eigenvalue weighted by atomic mass is 10.1. The van der Waals surface area contributed by atoms with E-state index in [0.717, 1.165) is 28.7 Å². The third-order valence-electron chi connectivity index (χ3n) is 3.59. The van der Waals surface area contributed by atoms with Gasteiger partial charge in [-0.1, -0.05) is 13.0 Å². The molecule has 0 radical (unpaired) electrons. The molecule has 1 atom stereocenters. The van der Waals surface area contributed by atoms with E-state index in [1.165, 1.54) is 16.8 Å². The minimum atomic E-state index is 0.174. The third-order valence-corrected chi connectivity index (χ3v) is 4.23. The predicted octanol–water partition coefficient (Wildman–Crippen LogP) is 3.70. The van der Waals surface area contributed by atoms with Crippen molar-refractivity contribution in [3.05, 3.63) is 45.2 Å². The summed E-state index contributed by atoms with van der Waals surface area (Å²) in [7, 11) is 0. The second-order valence-corrected chi connectivity index (χ2v) is 6.24. The van der Waals surface area contributed by atoms with Crippen LogP contribution in [0.4, 0.5) is 0 Å². The molecule has 1 heterocycles. The van der Waals surface area contributed by atoms with Crippen molar-refractivity contribution in [1.82, 2.24) is 9.78 Å². The van der Waals surface area contributed by atoms with Crippen molar-refractivity contribution in [1.29, 1.82) is 0 Å². The van der Waals surface area contributed by atoms with Crippen LogP contribution in [0.3, 0.4) is 0 Å². The molecule has 1 aromatic heterocycles. The minimum absolute atomic E-state index is 0.174. The molecule has 0 bridgehead atoms. The molecule has 0 aliphatic heterocycles. The molecular weight excluding hydrogens is 314 g/mol. The Morgan fingerprint density at radius 3 is 2.55 bits per heavy atom. The van der Waals surface area contributed by atoms with Crippen LogP contribution in [0, 0.1) is 13.8 Å². The molecule has 0 saturated heterocycles. The molecule has 2 aromatic rings. The van der Waals surface area contributed by atoms with Gasteiger partial charge in [0, 0.05) is 16.2 Å². The zero-order valence-corrected chi connectivity index (χ0v) is 14.2. The average Bonchev–Trinajstić information content (AvgIpc) is 2.63. The topological polar surface area (TPSA) is 43.8 Å². The maximum atomic E-state index is 5.86. The molecule has 0 spiro atoms. The number of aryl methyl sites for hydroxylation is 1. The normalized spacial score (nSPS) is 12.7. The van der Waals surface area contributed by atoms with Gasteiger partial charge in [0.05, 0.1) is 11.4 Å². The first-order valence-corrected chi connectivity index (χ1v) is 7.82. The minimum Gasteiger partial charge on any atom is -0.328 e. The van der Waals surface area contributed by atoms with E-state index in [0.29, 0.717) is 0 Å². The Labute approximate surface area is 129 Å². The van der Waals surface area contributed by atoms with Crippen LogP contribution in [0.15, 0.2) is 22.7 Å². The molecule has 1 unspecified atom stereocenters. The van der Waals surface area contributed by atoms with Crippen LogP contribution in [0.5, 0.6) is 0 Å². The second-order valence-electron chi connectivity index (χ2n) is 5.38. The highest BCUT2D eigenvalue weighted by Gasteiger charge is 2.13. The lowest BCUT2D eigenvalue weighted by molar-refractivity contribution is 0.736. The van der Waals surface area contributed by atoms with Gasteiger partial charge in [-0.3, -0.25) is 0 Å². The molecule has 0 aliphatic carbocycles. The van der Waals surface area contributed by atoms with E-state index >= 15 is 0 Å². The number of hydrogen-bond acceptors (Lipinski definition) is 2.